The van der Waals surface area contributed by atoms with Crippen molar-refractivity contribution in [3.63, 3.8) is 0 Å². The van der Waals surface area contributed by atoms with Gasteiger partial charge in [-0.05, 0) is 60.6 Å². The van der Waals surface area contributed by atoms with Crippen LogP contribution in [0.15, 0.2) is 89.1 Å². The van der Waals surface area contributed by atoms with Gasteiger partial charge in [0.15, 0.2) is 0 Å². The number of hydrazone groups is 1. The quantitative estimate of drug-likeness (QED) is 0.157. The van der Waals surface area contributed by atoms with Gasteiger partial charge in [-0.1, -0.05) is 48.0 Å². The summed E-state index contributed by atoms with van der Waals surface area (Å²) in [6.07, 6.45) is 1.46. The van der Waals surface area contributed by atoms with Crippen molar-refractivity contribution in [2.24, 2.45) is 5.10 Å². The summed E-state index contributed by atoms with van der Waals surface area (Å²) in [5.74, 6) is -0.357. The van der Waals surface area contributed by atoms with Crippen molar-refractivity contribution in [3.05, 3.63) is 95.6 Å². The van der Waals surface area contributed by atoms with E-state index in [2.05, 4.69) is 20.7 Å². The normalized spacial score (nSPS) is 11.0. The van der Waals surface area contributed by atoms with Crippen LogP contribution >= 0.6 is 11.8 Å². The van der Waals surface area contributed by atoms with Crippen molar-refractivity contribution >= 4 is 29.9 Å². The third kappa shape index (κ3) is 5.57. The molecule has 0 atom stereocenters. The van der Waals surface area contributed by atoms with Crippen LogP contribution in [0.1, 0.15) is 21.5 Å². The second-order valence-electron chi connectivity index (χ2n) is 7.40. The molecular formula is C25H22N5O3S+. The van der Waals surface area contributed by atoms with Gasteiger partial charge < -0.3 is 5.11 Å². The predicted octanol–water partition coefficient (Wildman–Crippen LogP) is 3.60. The molecule has 0 aliphatic heterocycles. The number of thioether (sulfide) groups is 1. The zero-order valence-corrected chi connectivity index (χ0v) is 19.1. The molecule has 170 valence electrons. The van der Waals surface area contributed by atoms with E-state index >= 15 is 0 Å². The molecule has 1 amide bonds. The molecule has 4 rings (SSSR count). The van der Waals surface area contributed by atoms with Gasteiger partial charge in [0.2, 0.25) is 0 Å². The van der Waals surface area contributed by atoms with Gasteiger partial charge >= 0.3 is 11.1 Å². The Kier molecular flexibility index (Phi) is 7.14. The molecule has 4 aromatic rings. The van der Waals surface area contributed by atoms with E-state index in [1.807, 2.05) is 66.1 Å². The van der Waals surface area contributed by atoms with E-state index in [0.717, 1.165) is 22.6 Å². The molecule has 0 spiro atoms. The summed E-state index contributed by atoms with van der Waals surface area (Å²) in [5, 5.41) is 21.1. The fourth-order valence-corrected chi connectivity index (χ4v) is 3.93. The molecule has 8 nitrogen and oxygen atoms in total. The summed E-state index contributed by atoms with van der Waals surface area (Å²) in [7, 11) is 0. The van der Waals surface area contributed by atoms with Gasteiger partial charge in [0.25, 0.3) is 11.7 Å². The van der Waals surface area contributed by atoms with Crippen molar-refractivity contribution in [1.29, 1.82) is 0 Å². The second kappa shape index (κ2) is 10.6. The van der Waals surface area contributed by atoms with Crippen molar-refractivity contribution in [2.45, 2.75) is 12.1 Å². The molecule has 0 aliphatic carbocycles. The minimum Gasteiger partial charge on any atom is -0.478 e. The first-order chi connectivity index (χ1) is 16.5. The summed E-state index contributed by atoms with van der Waals surface area (Å²) in [6.45, 7) is 2.03. The van der Waals surface area contributed by atoms with Crippen LogP contribution in [0.3, 0.4) is 0 Å². The molecule has 0 aliphatic rings. The van der Waals surface area contributed by atoms with Crippen LogP contribution in [-0.4, -0.2) is 39.1 Å². The van der Waals surface area contributed by atoms with Crippen molar-refractivity contribution < 1.29 is 19.3 Å². The highest BCUT2D eigenvalue weighted by atomic mass is 32.2. The number of aromatic nitrogens is 3. The highest BCUT2D eigenvalue weighted by molar-refractivity contribution is 7.99. The van der Waals surface area contributed by atoms with E-state index < -0.39 is 5.97 Å². The Hall–Kier alpha value is -4.24. The lowest BCUT2D eigenvalue weighted by molar-refractivity contribution is -0.625. The minimum atomic E-state index is -0.995. The zero-order valence-electron chi connectivity index (χ0n) is 18.3. The number of hydrogen-bond acceptors (Lipinski definition) is 5. The first-order valence-electron chi connectivity index (χ1n) is 10.4. The number of amides is 1. The smallest absolute Gasteiger partial charge is 0.342 e. The molecular weight excluding hydrogens is 450 g/mol. The van der Waals surface area contributed by atoms with E-state index in [4.69, 9.17) is 5.11 Å². The summed E-state index contributed by atoms with van der Waals surface area (Å²) < 4.78 is 1.99. The number of carbonyl (C=O) groups excluding carboxylic acids is 1. The van der Waals surface area contributed by atoms with E-state index in [-0.39, 0.29) is 17.2 Å². The molecule has 1 heterocycles. The number of benzene rings is 3. The number of aryl methyl sites for hydroxylation is 1. The van der Waals surface area contributed by atoms with Gasteiger partial charge in [-0.2, -0.15) is 9.67 Å². The molecule has 0 radical (unpaired) electrons. The van der Waals surface area contributed by atoms with Crippen molar-refractivity contribution in [3.8, 4) is 17.1 Å². The molecule has 34 heavy (non-hydrogen) atoms. The molecule has 0 bridgehead atoms. The average molecular weight is 473 g/mol. The van der Waals surface area contributed by atoms with Gasteiger partial charge in [-0.25, -0.2) is 10.2 Å². The Morgan fingerprint density at radius 1 is 1.06 bits per heavy atom. The molecule has 0 unspecified atom stereocenters. The van der Waals surface area contributed by atoms with Gasteiger partial charge in [0.05, 0.1) is 28.2 Å². The number of carboxylic acids is 1. The number of H-pyrrole nitrogens is 1. The lowest BCUT2D eigenvalue weighted by Gasteiger charge is -2.05. The number of hydrogen-bond donors (Lipinski definition) is 3. The van der Waals surface area contributed by atoms with Crippen LogP contribution in [0.5, 0.6) is 0 Å². The minimum absolute atomic E-state index is 0.111. The van der Waals surface area contributed by atoms with Gasteiger partial charge in [-0.15, -0.1) is 5.10 Å². The first kappa shape index (κ1) is 22.9. The van der Waals surface area contributed by atoms with Crippen LogP contribution < -0.4 is 9.99 Å². The van der Waals surface area contributed by atoms with Crippen LogP contribution in [0.4, 0.5) is 0 Å². The Morgan fingerprint density at radius 2 is 1.76 bits per heavy atom. The van der Waals surface area contributed by atoms with E-state index in [0.29, 0.717) is 10.7 Å². The van der Waals surface area contributed by atoms with Crippen LogP contribution in [0.2, 0.25) is 0 Å². The van der Waals surface area contributed by atoms with Gasteiger partial charge in [0, 0.05) is 0 Å². The number of carboxylic acid groups (broad SMARTS) is 1. The van der Waals surface area contributed by atoms with E-state index in [1.165, 1.54) is 30.1 Å². The van der Waals surface area contributed by atoms with Crippen LogP contribution in [-0.2, 0) is 4.79 Å². The monoisotopic (exact) mass is 472 g/mol. The second-order valence-corrected chi connectivity index (χ2v) is 8.34. The molecule has 0 fully saturated rings. The standard InChI is InChI=1S/C25H21N5O3S/c1-17-7-13-21(14-8-17)30-23(19-5-3-2-4-6-19)28-29-25(30)34-16-22(31)27-26-15-18-9-11-20(12-10-18)24(32)33/h2-15H,16H2,1H3,(H2,27,31,32,33)/p+1. The number of aromatic carboxylic acids is 1. The molecule has 0 saturated heterocycles. The molecule has 1 aromatic heterocycles. The lowest BCUT2D eigenvalue weighted by atomic mass is 10.1. The Morgan fingerprint density at radius 3 is 2.44 bits per heavy atom. The van der Waals surface area contributed by atoms with Gasteiger partial charge in [-0.3, -0.25) is 4.79 Å². The van der Waals surface area contributed by atoms with Gasteiger partial charge in [0.1, 0.15) is 5.69 Å². The molecule has 9 heteroatoms. The van der Waals surface area contributed by atoms with Crippen LogP contribution in [0, 0.1) is 6.92 Å². The largest absolute Gasteiger partial charge is 0.478 e. The topological polar surface area (TPSA) is 111 Å². The molecule has 3 N–H and O–H groups in total. The third-order valence-electron chi connectivity index (χ3n) is 4.90. The number of nitrogens with one attached hydrogen (secondary N) is 2. The fraction of sp³-hybridized carbons (Fsp3) is 0.0800. The average Bonchev–Trinajstić information content (AvgIpc) is 3.28. The zero-order chi connectivity index (χ0) is 23.9. The highest BCUT2D eigenvalue weighted by Crippen LogP contribution is 2.20. The number of nitrogens with zero attached hydrogens (tertiary/aromatic N) is 3. The molecule has 0 saturated carbocycles. The van der Waals surface area contributed by atoms with Crippen molar-refractivity contribution in [2.75, 3.05) is 5.75 Å². The first-order valence-corrected chi connectivity index (χ1v) is 11.4. The SMILES string of the molecule is Cc1ccc(-[n+]2c(SCC(=O)NN=Cc3ccc(C(=O)O)cc3)n[nH]c2-c2ccccc2)cc1. The number of aromatic amines is 1. The number of carbonyl (C=O) groups is 2. The Bertz CT molecular complexity index is 1320. The lowest BCUT2D eigenvalue weighted by Crippen LogP contribution is -2.34. The fourth-order valence-electron chi connectivity index (χ4n) is 3.17. The number of rotatable bonds is 8. The van der Waals surface area contributed by atoms with E-state index in [9.17, 15) is 9.59 Å². The summed E-state index contributed by atoms with van der Waals surface area (Å²) in [4.78, 5) is 23.3. The maximum Gasteiger partial charge on any atom is 0.342 e. The summed E-state index contributed by atoms with van der Waals surface area (Å²) in [5.41, 5.74) is 6.42. The third-order valence-corrected chi connectivity index (χ3v) is 5.84. The molecule has 3 aromatic carbocycles. The maximum absolute atomic E-state index is 12.3. The Labute approximate surface area is 200 Å². The summed E-state index contributed by atoms with van der Waals surface area (Å²) in [6, 6.07) is 24.2. The predicted molar refractivity (Wildman–Crippen MR) is 130 cm³/mol. The maximum atomic E-state index is 12.3. The highest BCUT2D eigenvalue weighted by Gasteiger charge is 2.24. The Balaban J connectivity index is 1.46. The summed E-state index contributed by atoms with van der Waals surface area (Å²) >= 11 is 1.29. The van der Waals surface area contributed by atoms with Crippen LogP contribution in [0.25, 0.3) is 17.1 Å². The van der Waals surface area contributed by atoms with Crippen molar-refractivity contribution in [1.82, 2.24) is 15.6 Å². The van der Waals surface area contributed by atoms with E-state index in [1.54, 1.807) is 12.1 Å².